The Hall–Kier alpha value is -1.87. The minimum Gasteiger partial charge on any atom is -0.352 e. The maximum absolute atomic E-state index is 12.0. The molecular weight excluding hydrogens is 248 g/mol. The van der Waals surface area contributed by atoms with Crippen molar-refractivity contribution in [1.29, 1.82) is 0 Å². The van der Waals surface area contributed by atoms with Crippen LogP contribution >= 0.6 is 11.6 Å². The van der Waals surface area contributed by atoms with Gasteiger partial charge in [0, 0.05) is 18.1 Å². The Bertz CT molecular complexity index is 595. The molecule has 1 amide bonds. The molecule has 3 nitrogen and oxygen atoms in total. The maximum Gasteiger partial charge on any atom is 0.253 e. The van der Waals surface area contributed by atoms with Crippen LogP contribution in [0.25, 0.3) is 10.8 Å². The van der Waals surface area contributed by atoms with Crippen molar-refractivity contribution in [3.8, 4) is 0 Å². The Balaban J connectivity index is 2.36. The number of halogens is 1. The molecule has 0 spiro atoms. The summed E-state index contributed by atoms with van der Waals surface area (Å²) in [6.45, 7) is 4.18. The molecule has 2 aromatic rings. The Morgan fingerprint density at radius 2 is 2.11 bits per heavy atom. The summed E-state index contributed by atoms with van der Waals surface area (Å²) in [5.74, 6) is -0.141. The van der Waals surface area contributed by atoms with E-state index in [0.29, 0.717) is 17.3 Å². The molecule has 0 bridgehead atoms. The van der Waals surface area contributed by atoms with Crippen LogP contribution in [0.1, 0.15) is 16.8 Å². The Labute approximate surface area is 110 Å². The van der Waals surface area contributed by atoms with Gasteiger partial charge in [-0.05, 0) is 11.8 Å². The lowest BCUT2D eigenvalue weighted by atomic mass is 10.1. The Morgan fingerprint density at radius 3 is 2.83 bits per heavy atom. The number of aromatic nitrogens is 1. The van der Waals surface area contributed by atoms with Gasteiger partial charge in [0.1, 0.15) is 5.15 Å². The van der Waals surface area contributed by atoms with Gasteiger partial charge in [-0.15, -0.1) is 6.58 Å². The quantitative estimate of drug-likeness (QED) is 0.521. The van der Waals surface area contributed by atoms with Crippen LogP contribution in [0.4, 0.5) is 0 Å². The third-order valence-corrected chi connectivity index (χ3v) is 2.93. The van der Waals surface area contributed by atoms with Crippen LogP contribution in [-0.2, 0) is 0 Å². The molecule has 0 radical (unpaired) electrons. The minimum atomic E-state index is -0.141. The van der Waals surface area contributed by atoms with Gasteiger partial charge >= 0.3 is 0 Å². The van der Waals surface area contributed by atoms with Crippen LogP contribution in [-0.4, -0.2) is 17.4 Å². The lowest BCUT2D eigenvalue weighted by Gasteiger charge is -2.07. The van der Waals surface area contributed by atoms with E-state index in [1.807, 2.05) is 24.3 Å². The van der Waals surface area contributed by atoms with Crippen LogP contribution < -0.4 is 5.32 Å². The van der Waals surface area contributed by atoms with E-state index in [2.05, 4.69) is 16.9 Å². The number of rotatable bonds is 4. The summed E-state index contributed by atoms with van der Waals surface area (Å²) in [5, 5.41) is 4.83. The molecule has 1 aromatic carbocycles. The number of pyridine rings is 1. The van der Waals surface area contributed by atoms with Gasteiger partial charge < -0.3 is 5.32 Å². The van der Waals surface area contributed by atoms with Crippen molar-refractivity contribution in [3.05, 3.63) is 53.8 Å². The molecule has 4 heteroatoms. The van der Waals surface area contributed by atoms with Crippen molar-refractivity contribution in [1.82, 2.24) is 10.3 Å². The number of hydrogen-bond acceptors (Lipinski definition) is 2. The fourth-order valence-electron chi connectivity index (χ4n) is 1.72. The molecule has 1 aromatic heterocycles. The molecule has 0 unspecified atom stereocenters. The zero-order valence-corrected chi connectivity index (χ0v) is 10.6. The molecule has 0 aliphatic heterocycles. The molecule has 1 heterocycles. The van der Waals surface area contributed by atoms with Crippen LogP contribution in [0.3, 0.4) is 0 Å². The van der Waals surface area contributed by atoms with E-state index in [1.54, 1.807) is 6.08 Å². The van der Waals surface area contributed by atoms with E-state index >= 15 is 0 Å². The standard InChI is InChI=1S/C14H13ClN2O/c1-2-3-8-16-14(18)12-9-17-13(15)11-7-5-4-6-10(11)12/h2,4-7,9H,1,3,8H2,(H,16,18). The summed E-state index contributed by atoms with van der Waals surface area (Å²) in [6, 6.07) is 7.46. The molecule has 0 fully saturated rings. The summed E-state index contributed by atoms with van der Waals surface area (Å²) in [7, 11) is 0. The van der Waals surface area contributed by atoms with Gasteiger partial charge in [0.15, 0.2) is 0 Å². The molecule has 1 N–H and O–H groups in total. The van der Waals surface area contributed by atoms with E-state index in [4.69, 9.17) is 11.6 Å². The first-order valence-electron chi connectivity index (χ1n) is 5.66. The van der Waals surface area contributed by atoms with Gasteiger partial charge in [0.2, 0.25) is 0 Å². The highest BCUT2D eigenvalue weighted by Crippen LogP contribution is 2.23. The minimum absolute atomic E-state index is 0.141. The zero-order chi connectivity index (χ0) is 13.0. The number of hydrogen-bond donors (Lipinski definition) is 1. The summed E-state index contributed by atoms with van der Waals surface area (Å²) in [4.78, 5) is 16.1. The predicted octanol–water partition coefficient (Wildman–Crippen LogP) is 3.19. The van der Waals surface area contributed by atoms with Gasteiger partial charge in [-0.3, -0.25) is 4.79 Å². The second kappa shape index (κ2) is 5.65. The van der Waals surface area contributed by atoms with Crippen molar-refractivity contribution in [2.24, 2.45) is 0 Å². The zero-order valence-electron chi connectivity index (χ0n) is 9.82. The largest absolute Gasteiger partial charge is 0.352 e. The monoisotopic (exact) mass is 260 g/mol. The van der Waals surface area contributed by atoms with E-state index in [1.165, 1.54) is 6.20 Å². The average molecular weight is 261 g/mol. The van der Waals surface area contributed by atoms with E-state index in [-0.39, 0.29) is 5.91 Å². The van der Waals surface area contributed by atoms with Crippen LogP contribution in [0.15, 0.2) is 43.1 Å². The molecule has 18 heavy (non-hydrogen) atoms. The van der Waals surface area contributed by atoms with Gasteiger partial charge in [-0.1, -0.05) is 41.9 Å². The number of benzene rings is 1. The number of nitrogens with zero attached hydrogens (tertiary/aromatic N) is 1. The normalized spacial score (nSPS) is 10.3. The SMILES string of the molecule is C=CCCNC(=O)c1cnc(Cl)c2ccccc12. The first kappa shape index (κ1) is 12.6. The van der Waals surface area contributed by atoms with Crippen LogP contribution in [0, 0.1) is 0 Å². The van der Waals surface area contributed by atoms with E-state index in [0.717, 1.165) is 17.2 Å². The Morgan fingerprint density at radius 1 is 1.39 bits per heavy atom. The molecule has 0 saturated carbocycles. The van der Waals surface area contributed by atoms with E-state index < -0.39 is 0 Å². The lowest BCUT2D eigenvalue weighted by Crippen LogP contribution is -2.24. The lowest BCUT2D eigenvalue weighted by molar-refractivity contribution is 0.0955. The summed E-state index contributed by atoms with van der Waals surface area (Å²) in [5.41, 5.74) is 0.541. The molecular formula is C14H13ClN2O. The maximum atomic E-state index is 12.0. The summed E-state index contributed by atoms with van der Waals surface area (Å²) in [6.07, 6.45) is 4.01. The smallest absolute Gasteiger partial charge is 0.253 e. The molecule has 0 atom stereocenters. The second-order valence-corrected chi connectivity index (χ2v) is 4.20. The third-order valence-electron chi connectivity index (χ3n) is 2.63. The summed E-state index contributed by atoms with van der Waals surface area (Å²) >= 11 is 6.00. The highest BCUT2D eigenvalue weighted by atomic mass is 35.5. The number of amides is 1. The fraction of sp³-hybridized carbons (Fsp3) is 0.143. The first-order chi connectivity index (χ1) is 8.74. The fourth-order valence-corrected chi connectivity index (χ4v) is 1.94. The van der Waals surface area contributed by atoms with Gasteiger partial charge in [0.05, 0.1) is 5.56 Å². The van der Waals surface area contributed by atoms with Crippen molar-refractivity contribution >= 4 is 28.3 Å². The number of carbonyl (C=O) groups excluding carboxylic acids is 1. The van der Waals surface area contributed by atoms with Crippen molar-refractivity contribution < 1.29 is 4.79 Å². The second-order valence-electron chi connectivity index (χ2n) is 3.84. The highest BCUT2D eigenvalue weighted by molar-refractivity contribution is 6.34. The third kappa shape index (κ3) is 2.51. The highest BCUT2D eigenvalue weighted by Gasteiger charge is 2.11. The molecule has 92 valence electrons. The number of nitrogens with one attached hydrogen (secondary N) is 1. The van der Waals surface area contributed by atoms with Crippen LogP contribution in [0.5, 0.6) is 0 Å². The average Bonchev–Trinajstić information content (AvgIpc) is 2.39. The number of fused-ring (bicyclic) bond motifs is 1. The first-order valence-corrected chi connectivity index (χ1v) is 6.04. The topological polar surface area (TPSA) is 42.0 Å². The predicted molar refractivity (Wildman–Crippen MR) is 73.9 cm³/mol. The van der Waals surface area contributed by atoms with Crippen molar-refractivity contribution in [3.63, 3.8) is 0 Å². The number of carbonyl (C=O) groups is 1. The summed E-state index contributed by atoms with van der Waals surface area (Å²) < 4.78 is 0. The van der Waals surface area contributed by atoms with Gasteiger partial charge in [-0.25, -0.2) is 4.98 Å². The van der Waals surface area contributed by atoms with Gasteiger partial charge in [0.25, 0.3) is 5.91 Å². The Kier molecular flexibility index (Phi) is 3.95. The van der Waals surface area contributed by atoms with Crippen molar-refractivity contribution in [2.75, 3.05) is 6.54 Å². The molecule has 0 aliphatic carbocycles. The van der Waals surface area contributed by atoms with Crippen molar-refractivity contribution in [2.45, 2.75) is 6.42 Å². The molecule has 0 aliphatic rings. The van der Waals surface area contributed by atoms with Crippen LogP contribution in [0.2, 0.25) is 5.15 Å². The molecule has 0 saturated heterocycles. The van der Waals surface area contributed by atoms with E-state index in [9.17, 15) is 4.79 Å². The van der Waals surface area contributed by atoms with Gasteiger partial charge in [-0.2, -0.15) is 0 Å². The molecule has 2 rings (SSSR count).